The lowest BCUT2D eigenvalue weighted by molar-refractivity contribution is -0.0210. The minimum atomic E-state index is 0. The summed E-state index contributed by atoms with van der Waals surface area (Å²) in [6.45, 7) is 0.943. The topological polar surface area (TPSA) is 9.23 Å². The lowest BCUT2D eigenvalue weighted by atomic mass is 10.0. The summed E-state index contributed by atoms with van der Waals surface area (Å²) < 4.78 is 5.91. The van der Waals surface area contributed by atoms with Gasteiger partial charge in [0.15, 0.2) is 0 Å². The maximum absolute atomic E-state index is 5.91. The van der Waals surface area contributed by atoms with Gasteiger partial charge in [-0.15, -0.1) is 0 Å². The molecule has 0 radical (unpaired) electrons. The third kappa shape index (κ3) is 7.53. The zero-order valence-electron chi connectivity index (χ0n) is 8.12. The third-order valence-corrected chi connectivity index (χ3v) is 4.22. The summed E-state index contributed by atoms with van der Waals surface area (Å²) in [6.07, 6.45) is 3.76. The van der Waals surface area contributed by atoms with Crippen LogP contribution in [0.5, 0.6) is 0 Å². The van der Waals surface area contributed by atoms with Crippen LogP contribution in [-0.2, 0) is 9.96 Å². The highest BCUT2D eigenvalue weighted by molar-refractivity contribution is 6.14. The lowest BCUT2D eigenvalue weighted by Gasteiger charge is -2.34. The van der Waals surface area contributed by atoms with Crippen molar-refractivity contribution in [2.45, 2.75) is 69.0 Å². The summed E-state index contributed by atoms with van der Waals surface area (Å²) in [5.74, 6) is 0. The summed E-state index contributed by atoms with van der Waals surface area (Å²) in [7, 11) is 1.10. The third-order valence-electron chi connectivity index (χ3n) is 2.85. The van der Waals surface area contributed by atoms with E-state index in [2.05, 4.69) is 30.3 Å². The first-order chi connectivity index (χ1) is 6.31. The molecule has 1 aliphatic rings. The van der Waals surface area contributed by atoms with Gasteiger partial charge in [0.25, 0.3) is 0 Å². The first kappa shape index (κ1) is 31.0. The minimum Gasteiger partial charge on any atom is -0.375 e. The molecular formula is C17H40OSi. The van der Waals surface area contributed by atoms with Gasteiger partial charge in [-0.05, 0) is 24.8 Å². The minimum absolute atomic E-state index is 0. The number of hydrogen-bond donors (Lipinski definition) is 0. The fourth-order valence-electron chi connectivity index (χ4n) is 1.95. The second-order valence-corrected chi connectivity index (χ2v) is 5.52. The molecule has 1 nitrogen and oxygen atoms in total. The largest absolute Gasteiger partial charge is 0.375 e. The van der Waals surface area contributed by atoms with E-state index in [1.165, 1.54) is 24.8 Å². The van der Waals surface area contributed by atoms with Gasteiger partial charge in [-0.1, -0.05) is 74.9 Å². The highest BCUT2D eigenvalue weighted by atomic mass is 28.1. The molecule has 0 saturated carbocycles. The fraction of sp³-hybridized carbons (Fsp3) is 0.647. The van der Waals surface area contributed by atoms with Crippen LogP contribution in [0.4, 0.5) is 0 Å². The first-order valence-corrected chi connectivity index (χ1v) is 6.01. The van der Waals surface area contributed by atoms with Crippen LogP contribution in [0.1, 0.15) is 69.4 Å². The summed E-state index contributed by atoms with van der Waals surface area (Å²) in [4.78, 5) is 0. The first-order valence-electron chi connectivity index (χ1n) is 5.01. The molecule has 1 aromatic carbocycles. The van der Waals surface area contributed by atoms with E-state index in [1.807, 2.05) is 0 Å². The van der Waals surface area contributed by atoms with Crippen molar-refractivity contribution in [2.75, 3.05) is 6.61 Å². The van der Waals surface area contributed by atoms with Gasteiger partial charge in [-0.2, -0.15) is 0 Å². The van der Waals surface area contributed by atoms with Crippen molar-refractivity contribution in [3.8, 4) is 0 Å². The summed E-state index contributed by atoms with van der Waals surface area (Å²) in [5, 5.41) is 0.111. The van der Waals surface area contributed by atoms with Crippen molar-refractivity contribution in [3.63, 3.8) is 0 Å². The molecule has 0 N–H and O–H groups in total. The Morgan fingerprint density at radius 2 is 1.37 bits per heavy atom. The second-order valence-electron chi connectivity index (χ2n) is 3.90. The van der Waals surface area contributed by atoms with E-state index in [-0.39, 0.29) is 49.8 Å². The van der Waals surface area contributed by atoms with E-state index < -0.39 is 0 Å². The molecule has 0 bridgehead atoms. The van der Waals surface area contributed by atoms with Crippen LogP contribution in [0.3, 0.4) is 0 Å². The molecule has 118 valence electrons. The van der Waals surface area contributed by atoms with Gasteiger partial charge >= 0.3 is 0 Å². The van der Waals surface area contributed by atoms with Crippen LogP contribution in [0.2, 0.25) is 0 Å². The molecule has 0 amide bonds. The van der Waals surface area contributed by atoms with Crippen molar-refractivity contribution in [3.05, 3.63) is 35.9 Å². The van der Waals surface area contributed by atoms with Crippen molar-refractivity contribution in [1.82, 2.24) is 0 Å². The molecule has 1 saturated heterocycles. The molecule has 2 rings (SSSR count). The fourth-order valence-corrected chi connectivity index (χ4v) is 2.84. The van der Waals surface area contributed by atoms with Gasteiger partial charge < -0.3 is 4.74 Å². The van der Waals surface area contributed by atoms with Crippen molar-refractivity contribution in [1.29, 1.82) is 0 Å². The van der Waals surface area contributed by atoms with Gasteiger partial charge in [-0.25, -0.2) is 0 Å². The van der Waals surface area contributed by atoms with Crippen molar-refractivity contribution in [2.24, 2.45) is 0 Å². The second kappa shape index (κ2) is 13.8. The summed E-state index contributed by atoms with van der Waals surface area (Å²) in [5.41, 5.74) is 1.38. The van der Waals surface area contributed by atoms with Gasteiger partial charge in [-0.3, -0.25) is 0 Å². The standard InChI is InChI=1S/C11H16OSi.6CH4/c13-11(8-4-5-9-12-11)10-6-2-1-3-7-10;;;;;;/h1-3,6-7H,4-5,8-9H2,13H3;6*1H4. The van der Waals surface area contributed by atoms with E-state index in [4.69, 9.17) is 4.74 Å². The van der Waals surface area contributed by atoms with Gasteiger partial charge in [0, 0.05) is 16.8 Å². The van der Waals surface area contributed by atoms with Gasteiger partial charge in [0.05, 0.1) is 5.22 Å². The average Bonchev–Trinajstić information content (AvgIpc) is 2.20. The van der Waals surface area contributed by atoms with Gasteiger partial charge in [0.2, 0.25) is 0 Å². The normalized spacial score (nSPS) is 19.8. The molecule has 1 heterocycles. The van der Waals surface area contributed by atoms with Crippen LogP contribution in [0.15, 0.2) is 30.3 Å². The Balaban J connectivity index is -0.000000109. The highest BCUT2D eigenvalue weighted by Gasteiger charge is 2.28. The maximum Gasteiger partial charge on any atom is 0.0723 e. The van der Waals surface area contributed by atoms with Crippen LogP contribution < -0.4 is 0 Å². The molecule has 1 aromatic rings. The van der Waals surface area contributed by atoms with E-state index in [1.54, 1.807) is 0 Å². The Hall–Kier alpha value is -0.603. The molecule has 0 aromatic heterocycles. The molecule has 1 fully saturated rings. The predicted octanol–water partition coefficient (Wildman–Crippen LogP) is 5.22. The number of rotatable bonds is 1. The molecule has 1 atom stereocenters. The van der Waals surface area contributed by atoms with Crippen LogP contribution in [0.25, 0.3) is 0 Å². The zero-order valence-corrected chi connectivity index (χ0v) is 10.1. The SMILES string of the molecule is C.C.C.C.C.C.[SiH3]C1(c2ccccc2)CCCCO1. The Kier molecular flexibility index (Phi) is 22.6. The number of ether oxygens (including phenoxy) is 1. The Labute approximate surface area is 127 Å². The van der Waals surface area contributed by atoms with Crippen LogP contribution in [0, 0.1) is 0 Å². The Morgan fingerprint density at radius 1 is 0.842 bits per heavy atom. The monoisotopic (exact) mass is 288 g/mol. The quantitative estimate of drug-likeness (QED) is 0.644. The molecule has 1 aliphatic heterocycles. The lowest BCUT2D eigenvalue weighted by Crippen LogP contribution is -2.33. The van der Waals surface area contributed by atoms with E-state index in [9.17, 15) is 0 Å². The molecule has 1 unspecified atom stereocenters. The smallest absolute Gasteiger partial charge is 0.0723 e. The number of hydrogen-bond acceptors (Lipinski definition) is 1. The predicted molar refractivity (Wildman–Crippen MR) is 98.2 cm³/mol. The van der Waals surface area contributed by atoms with Crippen LogP contribution in [-0.4, -0.2) is 16.8 Å². The Morgan fingerprint density at radius 3 is 1.79 bits per heavy atom. The van der Waals surface area contributed by atoms with Crippen LogP contribution >= 0.6 is 0 Å². The highest BCUT2D eigenvalue weighted by Crippen LogP contribution is 2.31. The van der Waals surface area contributed by atoms with Gasteiger partial charge in [0.1, 0.15) is 0 Å². The molecule has 19 heavy (non-hydrogen) atoms. The molecule has 0 spiro atoms. The molecule has 0 aliphatic carbocycles. The van der Waals surface area contributed by atoms with E-state index in [0.29, 0.717) is 0 Å². The average molecular weight is 289 g/mol. The molecule has 2 heteroatoms. The van der Waals surface area contributed by atoms with Crippen molar-refractivity contribution < 1.29 is 4.74 Å². The Bertz CT molecular complexity index is 266. The maximum atomic E-state index is 5.91. The van der Waals surface area contributed by atoms with E-state index >= 15 is 0 Å². The zero-order chi connectivity index (χ0) is 9.15. The number of benzene rings is 1. The van der Waals surface area contributed by atoms with Crippen molar-refractivity contribution >= 4 is 10.2 Å². The van der Waals surface area contributed by atoms with E-state index in [0.717, 1.165) is 16.8 Å². The molecular weight excluding hydrogens is 248 g/mol. The summed E-state index contributed by atoms with van der Waals surface area (Å²) in [6, 6.07) is 10.7. The summed E-state index contributed by atoms with van der Waals surface area (Å²) >= 11 is 0.